The summed E-state index contributed by atoms with van der Waals surface area (Å²) in [4.78, 5) is 4.04. The molecule has 0 N–H and O–H groups in total. The van der Waals surface area contributed by atoms with E-state index in [1.807, 2.05) is 37.3 Å². The molecule has 0 saturated heterocycles. The van der Waals surface area contributed by atoms with Crippen molar-refractivity contribution < 1.29 is 63.2 Å². The Kier molecular flexibility index (Phi) is 11.8. The second kappa shape index (κ2) is 10.2. The molecule has 0 spiro atoms. The van der Waals surface area contributed by atoms with E-state index in [1.165, 1.54) is 5.56 Å². The molecule has 0 fully saturated rings. The van der Waals surface area contributed by atoms with Crippen molar-refractivity contribution in [3.63, 3.8) is 0 Å². The van der Waals surface area contributed by atoms with Gasteiger partial charge in [-0.05, 0) is 19.1 Å². The molecule has 0 radical (unpaired) electrons. The summed E-state index contributed by atoms with van der Waals surface area (Å²) in [6.07, 6.45) is 4.50. The van der Waals surface area contributed by atoms with Crippen molar-refractivity contribution >= 4 is 11.5 Å². The van der Waals surface area contributed by atoms with Crippen molar-refractivity contribution in [2.45, 2.75) is 13.3 Å². The Bertz CT molecular complexity index is 410. The molecule has 17 heavy (non-hydrogen) atoms. The van der Waals surface area contributed by atoms with Gasteiger partial charge in [-0.3, -0.25) is 0 Å². The van der Waals surface area contributed by atoms with E-state index < -0.39 is 0 Å². The smallest absolute Gasteiger partial charge is 0.154 e. The van der Waals surface area contributed by atoms with Gasteiger partial charge in [-0.15, -0.1) is 10.2 Å². The van der Waals surface area contributed by atoms with E-state index in [-0.39, 0.29) is 63.2 Å². The number of aliphatic imine (C=N–C) groups is 1. The molecule has 0 amide bonds. The van der Waals surface area contributed by atoms with Gasteiger partial charge in [-0.2, -0.15) is 0 Å². The topological polar surface area (TPSA) is 37.1 Å². The number of azo groups is 1. The van der Waals surface area contributed by atoms with E-state index in [2.05, 4.69) is 15.2 Å². The zero-order valence-electron chi connectivity index (χ0n) is 9.24. The van der Waals surface area contributed by atoms with Crippen LogP contribution in [-0.2, 0) is 63.2 Å². The molecule has 1 aromatic carbocycles. The first-order valence-electron chi connectivity index (χ1n) is 4.55. The summed E-state index contributed by atoms with van der Waals surface area (Å²) in [5.74, 6) is 0.769. The van der Waals surface area contributed by atoms with Crippen LogP contribution in [0.15, 0.2) is 51.8 Å². The SMILES string of the molecule is Cc1ccc(N=NC2=NC=CC2)cc1.[W].[W].[W]. The van der Waals surface area contributed by atoms with Gasteiger partial charge in [0.25, 0.3) is 0 Å². The van der Waals surface area contributed by atoms with Gasteiger partial charge in [0, 0.05) is 75.8 Å². The minimum absolute atomic E-state index is 0. The average Bonchev–Trinajstić information content (AvgIpc) is 2.70. The number of rotatable bonds is 1. The quantitative estimate of drug-likeness (QED) is 0.397. The molecule has 1 aliphatic heterocycles. The van der Waals surface area contributed by atoms with Crippen molar-refractivity contribution in [2.24, 2.45) is 15.2 Å². The minimum Gasteiger partial charge on any atom is -0.239 e. The molecule has 0 unspecified atom stereocenters. The molecule has 3 nitrogen and oxygen atoms in total. The minimum atomic E-state index is 0. The first-order chi connectivity index (χ1) is 6.84. The number of nitrogens with zero attached hydrogens (tertiary/aromatic N) is 3. The maximum atomic E-state index is 4.08. The Balaban J connectivity index is 0. The summed E-state index contributed by atoms with van der Waals surface area (Å²) in [5.41, 5.74) is 2.09. The normalized spacial score (nSPS) is 12.4. The number of hydrogen-bond donors (Lipinski definition) is 0. The molecule has 88 valence electrons. The molecular formula is C11H11N3W3. The molecular weight excluding hydrogens is 726 g/mol. The zero-order valence-corrected chi connectivity index (χ0v) is 18.0. The summed E-state index contributed by atoms with van der Waals surface area (Å²) < 4.78 is 0. The fraction of sp³-hybridized carbons (Fsp3) is 0.182. The molecule has 1 aromatic rings. The van der Waals surface area contributed by atoms with E-state index >= 15 is 0 Å². The van der Waals surface area contributed by atoms with Gasteiger partial charge < -0.3 is 0 Å². The van der Waals surface area contributed by atoms with E-state index in [4.69, 9.17) is 0 Å². The summed E-state index contributed by atoms with van der Waals surface area (Å²) in [7, 11) is 0. The largest absolute Gasteiger partial charge is 0.239 e. The molecule has 0 aliphatic carbocycles. The third kappa shape index (κ3) is 6.70. The van der Waals surface area contributed by atoms with Crippen LogP contribution in [-0.4, -0.2) is 5.84 Å². The van der Waals surface area contributed by atoms with E-state index in [0.29, 0.717) is 0 Å². The summed E-state index contributed by atoms with van der Waals surface area (Å²) in [6.45, 7) is 2.05. The van der Waals surface area contributed by atoms with Crippen LogP contribution in [0.1, 0.15) is 12.0 Å². The van der Waals surface area contributed by atoms with Crippen LogP contribution in [0, 0.1) is 6.92 Å². The van der Waals surface area contributed by atoms with Gasteiger partial charge in [0.15, 0.2) is 5.84 Å². The predicted molar refractivity (Wildman–Crippen MR) is 56.9 cm³/mol. The van der Waals surface area contributed by atoms with Crippen LogP contribution in [0.3, 0.4) is 0 Å². The number of benzene rings is 1. The van der Waals surface area contributed by atoms with Crippen molar-refractivity contribution in [1.82, 2.24) is 0 Å². The summed E-state index contributed by atoms with van der Waals surface area (Å²) >= 11 is 0. The van der Waals surface area contributed by atoms with Gasteiger partial charge in [0.05, 0.1) is 5.69 Å². The Morgan fingerprint density at radius 1 is 1.00 bits per heavy atom. The first-order valence-corrected chi connectivity index (χ1v) is 4.55. The molecule has 0 aromatic heterocycles. The van der Waals surface area contributed by atoms with Gasteiger partial charge in [0.1, 0.15) is 0 Å². The first kappa shape index (κ1) is 19.6. The summed E-state index contributed by atoms with van der Waals surface area (Å²) in [6, 6.07) is 7.93. The molecule has 6 heteroatoms. The number of aryl methyl sites for hydroxylation is 1. The van der Waals surface area contributed by atoms with E-state index in [9.17, 15) is 0 Å². The Hall–Kier alpha value is 0.295. The van der Waals surface area contributed by atoms with Crippen molar-refractivity contribution in [2.75, 3.05) is 0 Å². The fourth-order valence-electron chi connectivity index (χ4n) is 1.14. The van der Waals surface area contributed by atoms with Crippen LogP contribution < -0.4 is 0 Å². The van der Waals surface area contributed by atoms with Crippen molar-refractivity contribution in [3.05, 3.63) is 42.1 Å². The molecule has 0 atom stereocenters. The fourth-order valence-corrected chi connectivity index (χ4v) is 1.14. The molecule has 0 bridgehead atoms. The van der Waals surface area contributed by atoms with E-state index in [0.717, 1.165) is 17.9 Å². The molecule has 1 aliphatic rings. The standard InChI is InChI=1S/C11H11N3.3W/c1-9-4-6-10(7-5-9)13-14-11-3-2-8-12-11;;;/h2,4-8H,3H2,1H3;;;. The van der Waals surface area contributed by atoms with Gasteiger partial charge >= 0.3 is 0 Å². The molecule has 2 rings (SSSR count). The summed E-state index contributed by atoms with van der Waals surface area (Å²) in [5, 5.41) is 8.12. The Labute approximate surface area is 144 Å². The second-order valence-corrected chi connectivity index (χ2v) is 3.17. The van der Waals surface area contributed by atoms with E-state index in [1.54, 1.807) is 6.20 Å². The second-order valence-electron chi connectivity index (χ2n) is 3.17. The Morgan fingerprint density at radius 2 is 1.65 bits per heavy atom. The van der Waals surface area contributed by atoms with Crippen LogP contribution in [0.2, 0.25) is 0 Å². The van der Waals surface area contributed by atoms with Crippen molar-refractivity contribution in [3.8, 4) is 0 Å². The monoisotopic (exact) mass is 737 g/mol. The third-order valence-corrected chi connectivity index (χ3v) is 1.94. The molecule has 0 saturated carbocycles. The van der Waals surface area contributed by atoms with Crippen LogP contribution in [0.4, 0.5) is 5.69 Å². The van der Waals surface area contributed by atoms with Gasteiger partial charge in [-0.1, -0.05) is 23.8 Å². The maximum absolute atomic E-state index is 4.08. The third-order valence-electron chi connectivity index (χ3n) is 1.94. The average molecular weight is 737 g/mol. The van der Waals surface area contributed by atoms with Crippen LogP contribution in [0.5, 0.6) is 0 Å². The van der Waals surface area contributed by atoms with Gasteiger partial charge in [-0.25, -0.2) is 4.99 Å². The van der Waals surface area contributed by atoms with Gasteiger partial charge in [0.2, 0.25) is 0 Å². The van der Waals surface area contributed by atoms with Crippen molar-refractivity contribution in [1.29, 1.82) is 0 Å². The number of hydrogen-bond acceptors (Lipinski definition) is 3. The number of amidine groups is 1. The van der Waals surface area contributed by atoms with Crippen LogP contribution in [0.25, 0.3) is 0 Å². The van der Waals surface area contributed by atoms with Crippen LogP contribution >= 0.6 is 0 Å². The molecule has 1 heterocycles. The maximum Gasteiger partial charge on any atom is 0.154 e. The Morgan fingerprint density at radius 3 is 2.18 bits per heavy atom. The predicted octanol–water partition coefficient (Wildman–Crippen LogP) is 3.39. The zero-order chi connectivity index (χ0) is 9.80.